The zero-order valence-corrected chi connectivity index (χ0v) is 10.6. The molecule has 2 rings (SSSR count). The molecule has 1 aromatic heterocycles. The summed E-state index contributed by atoms with van der Waals surface area (Å²) in [6, 6.07) is 6.15. The molecule has 0 aliphatic heterocycles. The average molecular weight is 281 g/mol. The molecule has 1 aromatic carbocycles. The number of methoxy groups -OCH3 is 1. The van der Waals surface area contributed by atoms with Crippen LogP contribution in [0.3, 0.4) is 0 Å². The van der Waals surface area contributed by atoms with Crippen molar-refractivity contribution in [2.45, 2.75) is 0 Å². The Morgan fingerprint density at radius 1 is 1.32 bits per heavy atom. The van der Waals surface area contributed by atoms with E-state index in [0.717, 1.165) is 4.68 Å². The lowest BCUT2D eigenvalue weighted by Crippen LogP contribution is -2.16. The van der Waals surface area contributed by atoms with Crippen LogP contribution in [0.2, 0.25) is 5.02 Å². The molecule has 0 fully saturated rings. The maximum atomic E-state index is 12.1. The molecule has 19 heavy (non-hydrogen) atoms. The van der Waals surface area contributed by atoms with Crippen molar-refractivity contribution in [2.75, 3.05) is 12.8 Å². The zero-order chi connectivity index (χ0) is 14.0. The summed E-state index contributed by atoms with van der Waals surface area (Å²) in [5.74, 6) is -1.76. The van der Waals surface area contributed by atoms with E-state index in [2.05, 4.69) is 14.8 Å². The molecule has 0 spiro atoms. The molecule has 0 radical (unpaired) electrons. The number of benzene rings is 1. The molecule has 0 bridgehead atoms. The molecule has 0 unspecified atom stereocenters. The van der Waals surface area contributed by atoms with Gasteiger partial charge in [0, 0.05) is 10.6 Å². The second kappa shape index (κ2) is 5.07. The summed E-state index contributed by atoms with van der Waals surface area (Å²) in [7, 11) is 1.18. The molecule has 0 aliphatic rings. The maximum Gasteiger partial charge on any atom is 0.378 e. The van der Waals surface area contributed by atoms with Gasteiger partial charge in [0.05, 0.1) is 7.11 Å². The summed E-state index contributed by atoms with van der Waals surface area (Å²) in [6.45, 7) is 0. The number of carbonyl (C=O) groups is 2. The monoisotopic (exact) mass is 280 g/mol. The molecule has 0 saturated carbocycles. The van der Waals surface area contributed by atoms with Crippen molar-refractivity contribution in [3.05, 3.63) is 40.7 Å². The van der Waals surface area contributed by atoms with Gasteiger partial charge in [-0.3, -0.25) is 4.79 Å². The minimum absolute atomic E-state index is 0.194. The van der Waals surface area contributed by atoms with Crippen LogP contribution in [0.25, 0.3) is 0 Å². The third-order valence-corrected chi connectivity index (χ3v) is 2.54. The quantitative estimate of drug-likeness (QED) is 0.823. The predicted molar refractivity (Wildman–Crippen MR) is 67.0 cm³/mol. The minimum Gasteiger partial charge on any atom is -0.463 e. The van der Waals surface area contributed by atoms with E-state index < -0.39 is 11.9 Å². The van der Waals surface area contributed by atoms with Crippen LogP contribution in [0, 0.1) is 0 Å². The Morgan fingerprint density at radius 3 is 2.53 bits per heavy atom. The van der Waals surface area contributed by atoms with E-state index >= 15 is 0 Å². The average Bonchev–Trinajstić information content (AvgIpc) is 2.80. The van der Waals surface area contributed by atoms with Gasteiger partial charge in [0.1, 0.15) is 0 Å². The van der Waals surface area contributed by atoms with E-state index in [-0.39, 0.29) is 11.8 Å². The molecule has 0 atom stereocenters. The fourth-order valence-electron chi connectivity index (χ4n) is 1.37. The van der Waals surface area contributed by atoms with E-state index in [4.69, 9.17) is 17.3 Å². The molecule has 0 amide bonds. The number of nitrogens with zero attached hydrogens (tertiary/aromatic N) is 3. The number of esters is 1. The summed E-state index contributed by atoms with van der Waals surface area (Å²) in [6.07, 6.45) is 0. The number of nitrogen functional groups attached to an aromatic ring is 1. The number of halogens is 1. The Hall–Kier alpha value is -2.41. The number of hydrogen-bond acceptors (Lipinski definition) is 6. The highest BCUT2D eigenvalue weighted by Crippen LogP contribution is 2.12. The highest BCUT2D eigenvalue weighted by atomic mass is 35.5. The van der Waals surface area contributed by atoms with Crippen LogP contribution in [0.1, 0.15) is 21.0 Å². The van der Waals surface area contributed by atoms with Gasteiger partial charge in [-0.15, -0.1) is 5.10 Å². The van der Waals surface area contributed by atoms with Crippen molar-refractivity contribution in [1.82, 2.24) is 14.8 Å². The van der Waals surface area contributed by atoms with Gasteiger partial charge in [-0.25, -0.2) is 4.79 Å². The topological polar surface area (TPSA) is 100 Å². The number of carbonyl (C=O) groups excluding carboxylic acids is 2. The Morgan fingerprint density at radius 2 is 1.95 bits per heavy atom. The number of hydrogen-bond donors (Lipinski definition) is 1. The standard InChI is InChI=1S/C11H9ClN4O3/c1-19-10(18)8-14-11(13)16(15-8)9(17)6-2-4-7(12)5-3-6/h2-5H,1H3,(H2,13,14,15). The zero-order valence-electron chi connectivity index (χ0n) is 9.83. The highest BCUT2D eigenvalue weighted by Gasteiger charge is 2.20. The molecule has 0 saturated heterocycles. The SMILES string of the molecule is COC(=O)c1nc(N)n(C(=O)c2ccc(Cl)cc2)n1. The minimum atomic E-state index is -0.769. The van der Waals surface area contributed by atoms with E-state index in [1.807, 2.05) is 0 Å². The van der Waals surface area contributed by atoms with Crippen molar-refractivity contribution in [3.8, 4) is 0 Å². The lowest BCUT2D eigenvalue weighted by atomic mass is 10.2. The molecular formula is C11H9ClN4O3. The first-order valence-electron chi connectivity index (χ1n) is 5.14. The van der Waals surface area contributed by atoms with Gasteiger partial charge in [0.15, 0.2) is 0 Å². The molecule has 8 heteroatoms. The molecular weight excluding hydrogens is 272 g/mol. The van der Waals surface area contributed by atoms with Crippen molar-refractivity contribution in [1.29, 1.82) is 0 Å². The maximum absolute atomic E-state index is 12.1. The van der Waals surface area contributed by atoms with Crippen LogP contribution in [-0.4, -0.2) is 33.8 Å². The van der Waals surface area contributed by atoms with Gasteiger partial charge in [-0.1, -0.05) is 11.6 Å². The summed E-state index contributed by atoms with van der Waals surface area (Å²) in [5, 5.41) is 4.20. The van der Waals surface area contributed by atoms with Crippen LogP contribution in [-0.2, 0) is 4.74 Å². The number of aromatic nitrogens is 3. The van der Waals surface area contributed by atoms with Crippen molar-refractivity contribution in [3.63, 3.8) is 0 Å². The van der Waals surface area contributed by atoms with Gasteiger partial charge >= 0.3 is 5.97 Å². The predicted octanol–water partition coefficient (Wildman–Crippen LogP) is 0.989. The van der Waals surface area contributed by atoms with E-state index in [1.54, 1.807) is 12.1 Å². The fourth-order valence-corrected chi connectivity index (χ4v) is 1.49. The van der Waals surface area contributed by atoms with Crippen LogP contribution in [0.5, 0.6) is 0 Å². The second-order valence-electron chi connectivity index (χ2n) is 3.51. The first kappa shape index (κ1) is 13.0. The van der Waals surface area contributed by atoms with Crippen LogP contribution < -0.4 is 5.73 Å². The molecule has 1 heterocycles. The summed E-state index contributed by atoms with van der Waals surface area (Å²) < 4.78 is 5.27. The lowest BCUT2D eigenvalue weighted by Gasteiger charge is -2.01. The third kappa shape index (κ3) is 2.55. The Labute approximate surface area is 112 Å². The normalized spacial score (nSPS) is 10.2. The molecule has 7 nitrogen and oxygen atoms in total. The van der Waals surface area contributed by atoms with Crippen LogP contribution in [0.15, 0.2) is 24.3 Å². The molecule has 2 N–H and O–H groups in total. The molecule has 2 aromatic rings. The highest BCUT2D eigenvalue weighted by molar-refractivity contribution is 6.30. The number of ether oxygens (including phenoxy) is 1. The largest absolute Gasteiger partial charge is 0.463 e. The van der Waals surface area contributed by atoms with Gasteiger partial charge in [-0.05, 0) is 24.3 Å². The Balaban J connectivity index is 2.36. The first-order valence-corrected chi connectivity index (χ1v) is 5.52. The smallest absolute Gasteiger partial charge is 0.378 e. The van der Waals surface area contributed by atoms with Crippen LogP contribution >= 0.6 is 11.6 Å². The van der Waals surface area contributed by atoms with Gasteiger partial charge in [0.25, 0.3) is 11.7 Å². The summed E-state index contributed by atoms with van der Waals surface area (Å²) in [5.41, 5.74) is 5.85. The Kier molecular flexibility index (Phi) is 3.48. The summed E-state index contributed by atoms with van der Waals surface area (Å²) in [4.78, 5) is 27.0. The summed E-state index contributed by atoms with van der Waals surface area (Å²) >= 11 is 5.73. The first-order chi connectivity index (χ1) is 9.02. The number of rotatable bonds is 2. The third-order valence-electron chi connectivity index (χ3n) is 2.28. The lowest BCUT2D eigenvalue weighted by molar-refractivity contribution is 0.0587. The van der Waals surface area contributed by atoms with Crippen molar-refractivity contribution in [2.24, 2.45) is 0 Å². The van der Waals surface area contributed by atoms with E-state index in [9.17, 15) is 9.59 Å². The van der Waals surface area contributed by atoms with Crippen LogP contribution in [0.4, 0.5) is 5.95 Å². The Bertz CT molecular complexity index is 636. The van der Waals surface area contributed by atoms with E-state index in [0.29, 0.717) is 10.6 Å². The van der Waals surface area contributed by atoms with Gasteiger partial charge in [0.2, 0.25) is 5.95 Å². The fraction of sp³-hybridized carbons (Fsp3) is 0.0909. The van der Waals surface area contributed by atoms with Crippen molar-refractivity contribution < 1.29 is 14.3 Å². The van der Waals surface area contributed by atoms with Crippen molar-refractivity contribution >= 4 is 29.4 Å². The van der Waals surface area contributed by atoms with Gasteiger partial charge < -0.3 is 10.5 Å². The number of nitrogens with two attached hydrogens (primary N) is 1. The van der Waals surface area contributed by atoms with Gasteiger partial charge in [-0.2, -0.15) is 9.67 Å². The molecule has 98 valence electrons. The molecule has 0 aliphatic carbocycles. The number of anilines is 1. The second-order valence-corrected chi connectivity index (χ2v) is 3.95. The van der Waals surface area contributed by atoms with E-state index in [1.165, 1.54) is 19.2 Å².